The first kappa shape index (κ1) is 5.54. The van der Waals surface area contributed by atoms with Gasteiger partial charge in [0.2, 0.25) is 0 Å². The highest BCUT2D eigenvalue weighted by Gasteiger charge is 2.47. The highest BCUT2D eigenvalue weighted by molar-refractivity contribution is 5.31. The zero-order chi connectivity index (χ0) is 6.20. The maximum Gasteiger partial charge on any atom is 0.326 e. The standard InChI is InChI=1S/C5H6F2O/c1-2-8-4-3-5(4,6)7/h3H,2H2,1H3. The number of allylic oxidation sites excluding steroid dienone is 2. The third-order valence-corrected chi connectivity index (χ3v) is 0.857. The smallest absolute Gasteiger partial charge is 0.326 e. The third kappa shape index (κ3) is 0.804. The van der Waals surface area contributed by atoms with Crippen molar-refractivity contribution in [3.63, 3.8) is 0 Å². The van der Waals surface area contributed by atoms with Crippen LogP contribution < -0.4 is 0 Å². The molecule has 0 radical (unpaired) electrons. The number of ether oxygens (including phenoxy) is 1. The van der Waals surface area contributed by atoms with Crippen LogP contribution in [-0.4, -0.2) is 12.5 Å². The molecule has 1 nitrogen and oxygen atoms in total. The van der Waals surface area contributed by atoms with Crippen molar-refractivity contribution in [2.75, 3.05) is 6.61 Å². The first-order valence-corrected chi connectivity index (χ1v) is 2.41. The Bertz CT molecular complexity index is 128. The Labute approximate surface area is 45.9 Å². The summed E-state index contributed by atoms with van der Waals surface area (Å²) in [5, 5.41) is 0. The molecule has 1 rings (SSSR count). The molecule has 0 N–H and O–H groups in total. The van der Waals surface area contributed by atoms with Gasteiger partial charge in [-0.3, -0.25) is 0 Å². The molecule has 0 bridgehead atoms. The number of hydrogen-bond acceptors (Lipinski definition) is 1. The molecular weight excluding hydrogens is 114 g/mol. The number of rotatable bonds is 2. The van der Waals surface area contributed by atoms with E-state index >= 15 is 0 Å². The molecule has 0 saturated carbocycles. The molecule has 8 heavy (non-hydrogen) atoms. The minimum Gasteiger partial charge on any atom is -0.492 e. The first-order valence-electron chi connectivity index (χ1n) is 2.41. The Morgan fingerprint density at radius 3 is 2.38 bits per heavy atom. The van der Waals surface area contributed by atoms with E-state index in [1.165, 1.54) is 0 Å². The molecule has 0 spiro atoms. The van der Waals surface area contributed by atoms with E-state index in [2.05, 4.69) is 4.74 Å². The van der Waals surface area contributed by atoms with Gasteiger partial charge in [0.1, 0.15) is 0 Å². The molecule has 0 aromatic heterocycles. The van der Waals surface area contributed by atoms with E-state index in [1.54, 1.807) is 6.92 Å². The van der Waals surface area contributed by atoms with Crippen molar-refractivity contribution in [1.29, 1.82) is 0 Å². The average Bonchev–Trinajstić information content (AvgIpc) is 2.15. The van der Waals surface area contributed by atoms with Crippen LogP contribution in [-0.2, 0) is 4.74 Å². The molecule has 0 amide bonds. The lowest BCUT2D eigenvalue weighted by atomic mass is 10.7. The average molecular weight is 120 g/mol. The van der Waals surface area contributed by atoms with Crippen molar-refractivity contribution in [2.24, 2.45) is 0 Å². The lowest BCUT2D eigenvalue weighted by molar-refractivity contribution is 0.0801. The van der Waals surface area contributed by atoms with Crippen molar-refractivity contribution in [1.82, 2.24) is 0 Å². The van der Waals surface area contributed by atoms with E-state index in [0.29, 0.717) is 6.61 Å². The highest BCUT2D eigenvalue weighted by Crippen LogP contribution is 2.40. The van der Waals surface area contributed by atoms with Crippen LogP contribution in [0.2, 0.25) is 0 Å². The summed E-state index contributed by atoms with van der Waals surface area (Å²) in [5.74, 6) is -2.89. The van der Waals surface area contributed by atoms with Gasteiger partial charge < -0.3 is 4.74 Å². The lowest BCUT2D eigenvalue weighted by Gasteiger charge is -1.96. The summed E-state index contributed by atoms with van der Waals surface area (Å²) in [5.41, 5.74) is 0. The molecule has 0 aromatic rings. The topological polar surface area (TPSA) is 9.23 Å². The SMILES string of the molecule is CCOC1=CC1(F)F. The molecule has 1 aliphatic carbocycles. The van der Waals surface area contributed by atoms with Gasteiger partial charge in [0.25, 0.3) is 0 Å². The molecular formula is C5H6F2O. The van der Waals surface area contributed by atoms with E-state index in [0.717, 1.165) is 6.08 Å². The summed E-state index contributed by atoms with van der Waals surface area (Å²) in [7, 11) is 0. The Morgan fingerprint density at radius 1 is 1.75 bits per heavy atom. The fourth-order valence-electron chi connectivity index (χ4n) is 0.422. The summed E-state index contributed by atoms with van der Waals surface area (Å²) >= 11 is 0. The molecule has 3 heteroatoms. The van der Waals surface area contributed by atoms with Gasteiger partial charge in [-0.1, -0.05) is 0 Å². The first-order chi connectivity index (χ1) is 3.67. The molecule has 0 saturated heterocycles. The number of alkyl halides is 2. The minimum atomic E-state index is -2.71. The molecule has 1 aliphatic rings. The van der Waals surface area contributed by atoms with Gasteiger partial charge in [-0.15, -0.1) is 0 Å². The van der Waals surface area contributed by atoms with Crippen molar-refractivity contribution in [3.8, 4) is 0 Å². The Morgan fingerprint density at radius 2 is 2.25 bits per heavy atom. The fourth-order valence-corrected chi connectivity index (χ4v) is 0.422. The predicted molar refractivity (Wildman–Crippen MR) is 24.7 cm³/mol. The lowest BCUT2D eigenvalue weighted by Crippen LogP contribution is -1.96. The van der Waals surface area contributed by atoms with Gasteiger partial charge in [-0.05, 0) is 6.92 Å². The zero-order valence-corrected chi connectivity index (χ0v) is 4.45. The molecule has 46 valence electrons. The molecule has 0 fully saturated rings. The van der Waals surface area contributed by atoms with Crippen LogP contribution in [0.15, 0.2) is 11.8 Å². The molecule has 0 aromatic carbocycles. The van der Waals surface area contributed by atoms with Gasteiger partial charge in [0, 0.05) is 6.08 Å². The van der Waals surface area contributed by atoms with Crippen LogP contribution in [0.25, 0.3) is 0 Å². The van der Waals surface area contributed by atoms with Crippen molar-refractivity contribution in [2.45, 2.75) is 12.8 Å². The normalized spacial score (nSPS) is 22.1. The Kier molecular flexibility index (Phi) is 0.994. The Balaban J connectivity index is 2.25. The molecule has 0 aliphatic heterocycles. The van der Waals surface area contributed by atoms with Crippen LogP contribution in [0.5, 0.6) is 0 Å². The van der Waals surface area contributed by atoms with Crippen LogP contribution in [0.3, 0.4) is 0 Å². The van der Waals surface area contributed by atoms with E-state index in [9.17, 15) is 8.78 Å². The second-order valence-corrected chi connectivity index (χ2v) is 1.56. The van der Waals surface area contributed by atoms with Gasteiger partial charge in [-0.2, -0.15) is 8.78 Å². The number of halogens is 2. The monoisotopic (exact) mass is 120 g/mol. The summed E-state index contributed by atoms with van der Waals surface area (Å²) in [6.07, 6.45) is 0.802. The fraction of sp³-hybridized carbons (Fsp3) is 0.600. The van der Waals surface area contributed by atoms with Crippen LogP contribution in [0.1, 0.15) is 6.92 Å². The summed E-state index contributed by atoms with van der Waals surface area (Å²) < 4.78 is 28.0. The summed E-state index contributed by atoms with van der Waals surface area (Å²) in [6.45, 7) is 2.00. The van der Waals surface area contributed by atoms with Crippen molar-refractivity contribution < 1.29 is 13.5 Å². The maximum absolute atomic E-state index is 11.8. The van der Waals surface area contributed by atoms with Gasteiger partial charge in [-0.25, -0.2) is 0 Å². The Hall–Kier alpha value is -0.600. The largest absolute Gasteiger partial charge is 0.492 e. The highest BCUT2D eigenvalue weighted by atomic mass is 19.3. The third-order valence-electron chi connectivity index (χ3n) is 0.857. The van der Waals surface area contributed by atoms with Crippen LogP contribution in [0, 0.1) is 0 Å². The van der Waals surface area contributed by atoms with Crippen LogP contribution >= 0.6 is 0 Å². The van der Waals surface area contributed by atoms with Crippen molar-refractivity contribution >= 4 is 0 Å². The molecule has 0 atom stereocenters. The van der Waals surface area contributed by atoms with E-state index in [-0.39, 0.29) is 5.76 Å². The van der Waals surface area contributed by atoms with Crippen molar-refractivity contribution in [3.05, 3.63) is 11.8 Å². The predicted octanol–water partition coefficient (Wildman–Crippen LogP) is 1.56. The van der Waals surface area contributed by atoms with E-state index in [1.807, 2.05) is 0 Å². The van der Waals surface area contributed by atoms with E-state index in [4.69, 9.17) is 0 Å². The molecule has 0 heterocycles. The summed E-state index contributed by atoms with van der Waals surface area (Å²) in [6, 6.07) is 0. The quantitative estimate of drug-likeness (QED) is 0.537. The van der Waals surface area contributed by atoms with Gasteiger partial charge in [0.05, 0.1) is 6.61 Å². The molecule has 0 unspecified atom stereocenters. The van der Waals surface area contributed by atoms with Crippen LogP contribution in [0.4, 0.5) is 8.78 Å². The second-order valence-electron chi connectivity index (χ2n) is 1.56. The van der Waals surface area contributed by atoms with E-state index < -0.39 is 5.92 Å². The summed E-state index contributed by atoms with van der Waals surface area (Å²) in [4.78, 5) is 0. The number of hydrogen-bond donors (Lipinski definition) is 0. The second kappa shape index (κ2) is 1.44. The van der Waals surface area contributed by atoms with Gasteiger partial charge in [0.15, 0.2) is 5.76 Å². The maximum atomic E-state index is 11.8. The minimum absolute atomic E-state index is 0.181. The van der Waals surface area contributed by atoms with Gasteiger partial charge >= 0.3 is 5.92 Å². The zero-order valence-electron chi connectivity index (χ0n) is 4.45.